The van der Waals surface area contributed by atoms with Crippen molar-refractivity contribution in [2.45, 2.75) is 135 Å². The molecule has 1 fully saturated rings. The van der Waals surface area contributed by atoms with Crippen LogP contribution in [-0.2, 0) is 14.3 Å². The largest absolute Gasteiger partial charge is 0.394 e. The molecule has 3 rings (SSSR count). The molecule has 4 atom stereocenters. The van der Waals surface area contributed by atoms with E-state index in [1.807, 2.05) is 0 Å². The molecular weight excluding hydrogens is 526 g/mol. The number of imidazole rings is 1. The van der Waals surface area contributed by atoms with Gasteiger partial charge in [0.25, 0.3) is 5.56 Å². The number of H-pyrrole nitrogens is 1. The van der Waals surface area contributed by atoms with Crippen LogP contribution >= 0.6 is 0 Å². The molecule has 0 saturated carbocycles. The summed E-state index contributed by atoms with van der Waals surface area (Å²) in [7, 11) is 0. The number of nitrogens with one attached hydrogen (secondary N) is 2. The first kappa shape index (κ1) is 33.2. The Morgan fingerprint density at radius 2 is 1.63 bits per heavy atom. The molecular formula is C30H51N5O6. The monoisotopic (exact) mass is 577 g/mol. The van der Waals surface area contributed by atoms with Gasteiger partial charge in [-0.1, -0.05) is 104 Å². The second-order valence-electron chi connectivity index (χ2n) is 11.6. The standard InChI is InChI=1S/C30H51N5O6/c1-4-5-6-7-8-9-10-11-12-13-14-15-16-17-18-40-25-24(37)22(19-36)41-29(25)35-20-31-23-26(35)32-30(34-28(23)39)33-27(38)21(2)3/h20-22,24-25,29,36-37H,4-19H2,1-3H3,(H2,32,33,34,38,39)/t22-,24+,25-,29-/m1/s1. The fourth-order valence-electron chi connectivity index (χ4n) is 5.22. The SMILES string of the molecule is CCCCCCCCCCCCCCCCO[C@@H]1[C@@H](O)[C@@H](CO)O[C@H]1n1cnc2c(=O)[nH]c(NC(=O)C(C)C)nc21. The number of aliphatic hydroxyl groups excluding tert-OH is 2. The average Bonchev–Trinajstić information content (AvgIpc) is 3.51. The van der Waals surface area contributed by atoms with Crippen LogP contribution in [0.5, 0.6) is 0 Å². The van der Waals surface area contributed by atoms with E-state index in [9.17, 15) is 19.8 Å². The zero-order valence-corrected chi connectivity index (χ0v) is 25.1. The Kier molecular flexibility index (Phi) is 14.2. The number of unbranched alkanes of at least 4 members (excludes halogenated alkanes) is 13. The van der Waals surface area contributed by atoms with Gasteiger partial charge in [-0.3, -0.25) is 24.5 Å². The Hall–Kier alpha value is -2.34. The minimum absolute atomic E-state index is 0.0000749. The van der Waals surface area contributed by atoms with Crippen LogP contribution in [0.25, 0.3) is 11.2 Å². The van der Waals surface area contributed by atoms with E-state index < -0.39 is 30.1 Å². The van der Waals surface area contributed by atoms with Gasteiger partial charge in [-0.15, -0.1) is 0 Å². The zero-order valence-electron chi connectivity index (χ0n) is 25.1. The summed E-state index contributed by atoms with van der Waals surface area (Å²) in [4.78, 5) is 35.8. The smallest absolute Gasteiger partial charge is 0.280 e. The van der Waals surface area contributed by atoms with E-state index in [0.717, 1.165) is 19.3 Å². The lowest BCUT2D eigenvalue weighted by molar-refractivity contribution is -0.118. The summed E-state index contributed by atoms with van der Waals surface area (Å²) in [5.41, 5.74) is -0.248. The minimum atomic E-state index is -1.06. The normalized spacial score (nSPS) is 20.8. The number of carbonyl (C=O) groups is 1. The van der Waals surface area contributed by atoms with Crippen molar-refractivity contribution in [3.05, 3.63) is 16.7 Å². The number of rotatable bonds is 20. The van der Waals surface area contributed by atoms with Crippen LogP contribution < -0.4 is 10.9 Å². The van der Waals surface area contributed by atoms with Gasteiger partial charge in [-0.25, -0.2) is 4.98 Å². The molecule has 0 spiro atoms. The molecule has 11 heteroatoms. The molecule has 0 radical (unpaired) electrons. The van der Waals surface area contributed by atoms with Crippen LogP contribution in [0.1, 0.15) is 117 Å². The summed E-state index contributed by atoms with van der Waals surface area (Å²) < 4.78 is 13.5. The zero-order chi connectivity index (χ0) is 29.6. The molecule has 41 heavy (non-hydrogen) atoms. The van der Waals surface area contributed by atoms with Gasteiger partial charge in [0.15, 0.2) is 17.4 Å². The molecule has 1 saturated heterocycles. The van der Waals surface area contributed by atoms with Gasteiger partial charge in [-0.2, -0.15) is 4.98 Å². The van der Waals surface area contributed by atoms with E-state index in [-0.39, 0.29) is 35.5 Å². The molecule has 1 aliphatic heterocycles. The fourth-order valence-corrected chi connectivity index (χ4v) is 5.22. The van der Waals surface area contributed by atoms with E-state index in [1.54, 1.807) is 13.8 Å². The van der Waals surface area contributed by atoms with Gasteiger partial charge in [0.2, 0.25) is 11.9 Å². The summed E-state index contributed by atoms with van der Waals surface area (Å²) in [6, 6.07) is 0. The summed E-state index contributed by atoms with van der Waals surface area (Å²) in [5, 5.41) is 23.1. The van der Waals surface area contributed by atoms with Gasteiger partial charge in [0, 0.05) is 12.5 Å². The topological polar surface area (TPSA) is 152 Å². The highest BCUT2D eigenvalue weighted by Crippen LogP contribution is 2.33. The number of hydrogen-bond acceptors (Lipinski definition) is 8. The Morgan fingerprint density at radius 1 is 1.05 bits per heavy atom. The van der Waals surface area contributed by atoms with E-state index in [0.29, 0.717) is 6.61 Å². The minimum Gasteiger partial charge on any atom is -0.394 e. The summed E-state index contributed by atoms with van der Waals surface area (Å²) >= 11 is 0. The lowest BCUT2D eigenvalue weighted by atomic mass is 10.0. The van der Waals surface area contributed by atoms with Crippen LogP contribution in [0.4, 0.5) is 5.95 Å². The highest BCUT2D eigenvalue weighted by atomic mass is 16.6. The molecule has 0 unspecified atom stereocenters. The second-order valence-corrected chi connectivity index (χ2v) is 11.6. The number of aromatic amines is 1. The molecule has 11 nitrogen and oxygen atoms in total. The maximum atomic E-state index is 12.6. The molecule has 1 aliphatic rings. The number of carbonyl (C=O) groups excluding carboxylic acids is 1. The Morgan fingerprint density at radius 3 is 2.20 bits per heavy atom. The van der Waals surface area contributed by atoms with E-state index >= 15 is 0 Å². The van der Waals surface area contributed by atoms with Crippen molar-refractivity contribution in [3.8, 4) is 0 Å². The van der Waals surface area contributed by atoms with Gasteiger partial charge in [0.1, 0.15) is 18.3 Å². The second kappa shape index (κ2) is 17.6. The number of nitrogens with zero attached hydrogens (tertiary/aromatic N) is 3. The van der Waals surface area contributed by atoms with E-state index in [2.05, 4.69) is 27.2 Å². The molecule has 1 amide bonds. The number of fused-ring (bicyclic) bond motifs is 1. The molecule has 2 aromatic heterocycles. The molecule has 4 N–H and O–H groups in total. The first-order valence-electron chi connectivity index (χ1n) is 15.7. The number of anilines is 1. The number of amides is 1. The van der Waals surface area contributed by atoms with Crippen LogP contribution in [0.2, 0.25) is 0 Å². The van der Waals surface area contributed by atoms with Gasteiger partial charge >= 0.3 is 0 Å². The molecule has 0 aliphatic carbocycles. The quantitative estimate of drug-likeness (QED) is 0.163. The molecule has 2 aromatic rings. The van der Waals surface area contributed by atoms with Crippen molar-refractivity contribution in [1.29, 1.82) is 0 Å². The third-order valence-electron chi connectivity index (χ3n) is 7.77. The first-order chi connectivity index (χ1) is 19.9. The summed E-state index contributed by atoms with van der Waals surface area (Å²) in [5.74, 6) is -0.590. The van der Waals surface area contributed by atoms with Crippen molar-refractivity contribution in [2.75, 3.05) is 18.5 Å². The Balaban J connectivity index is 1.45. The van der Waals surface area contributed by atoms with E-state index in [1.165, 1.54) is 81.5 Å². The van der Waals surface area contributed by atoms with Crippen LogP contribution in [-0.4, -0.2) is 67.2 Å². The van der Waals surface area contributed by atoms with Gasteiger partial charge < -0.3 is 19.7 Å². The van der Waals surface area contributed by atoms with Crippen molar-refractivity contribution in [2.24, 2.45) is 5.92 Å². The third-order valence-corrected chi connectivity index (χ3v) is 7.77. The van der Waals surface area contributed by atoms with Crippen molar-refractivity contribution in [1.82, 2.24) is 19.5 Å². The molecule has 232 valence electrons. The predicted octanol–water partition coefficient (Wildman–Crippen LogP) is 4.83. The van der Waals surface area contributed by atoms with Crippen LogP contribution in [0.15, 0.2) is 11.1 Å². The van der Waals surface area contributed by atoms with Crippen molar-refractivity contribution in [3.63, 3.8) is 0 Å². The average molecular weight is 578 g/mol. The Labute approximate surface area is 243 Å². The Bertz CT molecular complexity index is 1100. The number of ether oxygens (including phenoxy) is 2. The third kappa shape index (κ3) is 9.87. The van der Waals surface area contributed by atoms with Gasteiger partial charge in [0.05, 0.1) is 12.9 Å². The summed E-state index contributed by atoms with van der Waals surface area (Å²) in [6.45, 7) is 5.78. The maximum absolute atomic E-state index is 12.6. The number of aromatic nitrogens is 4. The predicted molar refractivity (Wildman–Crippen MR) is 159 cm³/mol. The van der Waals surface area contributed by atoms with Crippen LogP contribution in [0.3, 0.4) is 0 Å². The maximum Gasteiger partial charge on any atom is 0.280 e. The first-order valence-corrected chi connectivity index (χ1v) is 15.7. The summed E-state index contributed by atoms with van der Waals surface area (Å²) in [6.07, 6.45) is 15.6. The molecule has 0 bridgehead atoms. The van der Waals surface area contributed by atoms with Gasteiger partial charge in [-0.05, 0) is 6.42 Å². The van der Waals surface area contributed by atoms with Crippen molar-refractivity contribution >= 4 is 23.0 Å². The number of aliphatic hydroxyl groups is 2. The lowest BCUT2D eigenvalue weighted by Gasteiger charge is -2.22. The highest BCUT2D eigenvalue weighted by Gasteiger charge is 2.46. The lowest BCUT2D eigenvalue weighted by Crippen LogP contribution is -2.35. The molecule has 3 heterocycles. The fraction of sp³-hybridized carbons (Fsp3) is 0.800. The van der Waals surface area contributed by atoms with Crippen LogP contribution in [0, 0.1) is 5.92 Å². The van der Waals surface area contributed by atoms with Crippen molar-refractivity contribution < 1.29 is 24.5 Å². The van der Waals surface area contributed by atoms with E-state index in [4.69, 9.17) is 9.47 Å². The molecule has 0 aromatic carbocycles. The highest BCUT2D eigenvalue weighted by molar-refractivity contribution is 5.91. The number of hydrogen-bond donors (Lipinski definition) is 4.